The highest BCUT2D eigenvalue weighted by molar-refractivity contribution is 5.92. The van der Waals surface area contributed by atoms with E-state index in [1.807, 2.05) is 6.92 Å². The molecule has 0 aromatic heterocycles. The van der Waals surface area contributed by atoms with Crippen LogP contribution in [0.4, 0.5) is 18.9 Å². The lowest BCUT2D eigenvalue weighted by atomic mass is 9.92. The highest BCUT2D eigenvalue weighted by Gasteiger charge is 2.28. The molecule has 0 saturated carbocycles. The van der Waals surface area contributed by atoms with Crippen molar-refractivity contribution in [2.24, 2.45) is 5.92 Å². The maximum absolute atomic E-state index is 12.1. The van der Waals surface area contributed by atoms with Crippen molar-refractivity contribution in [3.8, 4) is 5.75 Å². The molecule has 1 amide bonds. The molecule has 0 spiro atoms. The van der Waals surface area contributed by atoms with Gasteiger partial charge in [-0.1, -0.05) is 0 Å². The second kappa shape index (κ2) is 8.40. The molecule has 2 atom stereocenters. The number of carbonyl (C=O) groups excluding carboxylic acids is 1. The quantitative estimate of drug-likeness (QED) is 0.873. The van der Waals surface area contributed by atoms with Crippen molar-refractivity contribution in [2.75, 3.05) is 18.5 Å². The second-order valence-electron chi connectivity index (χ2n) is 5.49. The average Bonchev–Trinajstić information content (AvgIpc) is 2.46. The van der Waals surface area contributed by atoms with Gasteiger partial charge in [0.15, 0.2) is 6.61 Å². The Kier molecular flexibility index (Phi) is 7.15. The van der Waals surface area contributed by atoms with E-state index in [1.54, 1.807) is 0 Å². The molecule has 0 radical (unpaired) electrons. The van der Waals surface area contributed by atoms with Gasteiger partial charge < -0.3 is 15.4 Å². The first-order chi connectivity index (χ1) is 10.3. The Morgan fingerprint density at radius 2 is 2.00 bits per heavy atom. The minimum atomic E-state index is -4.36. The highest BCUT2D eigenvalue weighted by Crippen LogP contribution is 2.22. The molecule has 4 nitrogen and oxygen atoms in total. The smallest absolute Gasteiger partial charge is 0.422 e. The summed E-state index contributed by atoms with van der Waals surface area (Å²) in [5.41, 5.74) is 0.551. The summed E-state index contributed by atoms with van der Waals surface area (Å²) < 4.78 is 40.7. The van der Waals surface area contributed by atoms with Gasteiger partial charge in [-0.25, -0.2) is 0 Å². The summed E-state index contributed by atoms with van der Waals surface area (Å²) in [5, 5.41) is 6.06. The molecule has 1 aliphatic heterocycles. The molecule has 2 rings (SSSR count). The summed E-state index contributed by atoms with van der Waals surface area (Å²) in [4.78, 5) is 12.1. The fourth-order valence-corrected chi connectivity index (χ4v) is 2.41. The molecule has 1 heterocycles. The van der Waals surface area contributed by atoms with Crippen molar-refractivity contribution in [3.05, 3.63) is 24.3 Å². The number of benzene rings is 1. The van der Waals surface area contributed by atoms with Crippen LogP contribution in [0.25, 0.3) is 0 Å². The standard InChI is InChI=1S/C15H19F3N2O2.ClH/c1-10-8-11(6-7-19-10)14(21)20-12-2-4-13(5-3-12)22-9-15(16,17)18;/h2-5,10-11,19H,6-9H2,1H3,(H,20,21);1H/t10-,11-;/m0./s1. The monoisotopic (exact) mass is 352 g/mol. The van der Waals surface area contributed by atoms with E-state index in [1.165, 1.54) is 24.3 Å². The molecular formula is C15H20ClF3N2O2. The van der Waals surface area contributed by atoms with Gasteiger partial charge in [-0.3, -0.25) is 4.79 Å². The zero-order chi connectivity index (χ0) is 16.2. The lowest BCUT2D eigenvalue weighted by molar-refractivity contribution is -0.153. The number of alkyl halides is 3. The highest BCUT2D eigenvalue weighted by atomic mass is 35.5. The predicted molar refractivity (Wildman–Crippen MR) is 84.1 cm³/mol. The molecule has 1 aromatic carbocycles. The van der Waals surface area contributed by atoms with Crippen molar-refractivity contribution in [1.29, 1.82) is 0 Å². The Morgan fingerprint density at radius 3 is 2.57 bits per heavy atom. The maximum atomic E-state index is 12.1. The number of rotatable bonds is 4. The minimum Gasteiger partial charge on any atom is -0.484 e. The van der Waals surface area contributed by atoms with Crippen molar-refractivity contribution in [3.63, 3.8) is 0 Å². The van der Waals surface area contributed by atoms with E-state index in [-0.39, 0.29) is 30.0 Å². The molecule has 2 N–H and O–H groups in total. The SMILES string of the molecule is C[C@H]1C[C@@H](C(=O)Nc2ccc(OCC(F)(F)F)cc2)CCN1.Cl. The Balaban J connectivity index is 0.00000264. The molecular weight excluding hydrogens is 333 g/mol. The van der Waals surface area contributed by atoms with Crippen LogP contribution in [0.3, 0.4) is 0 Å². The first-order valence-electron chi connectivity index (χ1n) is 7.17. The normalized spacial score (nSPS) is 21.2. The van der Waals surface area contributed by atoms with Crippen LogP contribution in [-0.4, -0.2) is 31.3 Å². The molecule has 1 fully saturated rings. The van der Waals surface area contributed by atoms with E-state index in [2.05, 4.69) is 15.4 Å². The number of anilines is 1. The van der Waals surface area contributed by atoms with Crippen LogP contribution >= 0.6 is 12.4 Å². The first-order valence-corrected chi connectivity index (χ1v) is 7.17. The van der Waals surface area contributed by atoms with Gasteiger partial charge in [-0.2, -0.15) is 13.2 Å². The lowest BCUT2D eigenvalue weighted by Gasteiger charge is -2.27. The molecule has 23 heavy (non-hydrogen) atoms. The third kappa shape index (κ3) is 6.66. The van der Waals surface area contributed by atoms with E-state index in [9.17, 15) is 18.0 Å². The molecule has 1 aromatic rings. The van der Waals surface area contributed by atoms with Crippen LogP contribution in [0.15, 0.2) is 24.3 Å². The predicted octanol–water partition coefficient (Wildman–Crippen LogP) is 3.38. The Morgan fingerprint density at radius 1 is 1.35 bits per heavy atom. The van der Waals surface area contributed by atoms with Gasteiger partial charge in [0.25, 0.3) is 0 Å². The van der Waals surface area contributed by atoms with Crippen LogP contribution < -0.4 is 15.4 Å². The molecule has 0 aliphatic carbocycles. The zero-order valence-electron chi connectivity index (χ0n) is 12.7. The fourth-order valence-electron chi connectivity index (χ4n) is 2.41. The summed E-state index contributed by atoms with van der Waals surface area (Å²) in [7, 11) is 0. The summed E-state index contributed by atoms with van der Waals surface area (Å²) in [6.45, 7) is 1.52. The third-order valence-electron chi connectivity index (χ3n) is 3.52. The van der Waals surface area contributed by atoms with E-state index >= 15 is 0 Å². The number of ether oxygens (including phenoxy) is 1. The van der Waals surface area contributed by atoms with Gasteiger partial charge in [0.05, 0.1) is 0 Å². The molecule has 0 unspecified atom stereocenters. The zero-order valence-corrected chi connectivity index (χ0v) is 13.5. The van der Waals surface area contributed by atoms with E-state index in [0.717, 1.165) is 19.4 Å². The lowest BCUT2D eigenvalue weighted by Crippen LogP contribution is -2.40. The van der Waals surface area contributed by atoms with Crippen LogP contribution in [-0.2, 0) is 4.79 Å². The fraction of sp³-hybridized carbons (Fsp3) is 0.533. The molecule has 130 valence electrons. The second-order valence-corrected chi connectivity index (χ2v) is 5.49. The summed E-state index contributed by atoms with van der Waals surface area (Å²) in [6.07, 6.45) is -2.81. The van der Waals surface area contributed by atoms with Crippen LogP contribution in [0, 0.1) is 5.92 Å². The molecule has 8 heteroatoms. The maximum Gasteiger partial charge on any atom is 0.422 e. The van der Waals surface area contributed by atoms with Gasteiger partial charge in [0, 0.05) is 17.6 Å². The van der Waals surface area contributed by atoms with Crippen molar-refractivity contribution >= 4 is 24.0 Å². The number of piperidine rings is 1. The van der Waals surface area contributed by atoms with E-state index in [4.69, 9.17) is 0 Å². The van der Waals surface area contributed by atoms with Gasteiger partial charge in [-0.05, 0) is 50.6 Å². The largest absolute Gasteiger partial charge is 0.484 e. The number of amides is 1. The van der Waals surface area contributed by atoms with Crippen molar-refractivity contribution < 1.29 is 22.7 Å². The van der Waals surface area contributed by atoms with E-state index < -0.39 is 12.8 Å². The minimum absolute atomic E-state index is 0. The molecule has 1 saturated heterocycles. The molecule has 0 bridgehead atoms. The first kappa shape index (κ1) is 19.6. The van der Waals surface area contributed by atoms with Crippen molar-refractivity contribution in [2.45, 2.75) is 32.0 Å². The average molecular weight is 353 g/mol. The van der Waals surface area contributed by atoms with Crippen LogP contribution in [0.2, 0.25) is 0 Å². The Hall–Kier alpha value is -1.47. The summed E-state index contributed by atoms with van der Waals surface area (Å²) in [6, 6.07) is 6.20. The van der Waals surface area contributed by atoms with Gasteiger partial charge >= 0.3 is 6.18 Å². The topological polar surface area (TPSA) is 50.4 Å². The summed E-state index contributed by atoms with van der Waals surface area (Å²) >= 11 is 0. The van der Waals surface area contributed by atoms with Crippen LogP contribution in [0.1, 0.15) is 19.8 Å². The number of carbonyl (C=O) groups is 1. The number of halogens is 4. The Labute approximate surface area is 139 Å². The number of hydrogen-bond acceptors (Lipinski definition) is 3. The number of hydrogen-bond donors (Lipinski definition) is 2. The van der Waals surface area contributed by atoms with Crippen molar-refractivity contribution in [1.82, 2.24) is 5.32 Å². The van der Waals surface area contributed by atoms with Gasteiger partial charge in [0.2, 0.25) is 5.91 Å². The number of nitrogens with one attached hydrogen (secondary N) is 2. The van der Waals surface area contributed by atoms with Gasteiger partial charge in [0.1, 0.15) is 5.75 Å². The third-order valence-corrected chi connectivity index (χ3v) is 3.52. The molecule has 1 aliphatic rings. The summed E-state index contributed by atoms with van der Waals surface area (Å²) in [5.74, 6) is 0.0144. The van der Waals surface area contributed by atoms with E-state index in [0.29, 0.717) is 11.7 Å². The van der Waals surface area contributed by atoms with Crippen LogP contribution in [0.5, 0.6) is 5.75 Å². The van der Waals surface area contributed by atoms with Gasteiger partial charge in [-0.15, -0.1) is 12.4 Å². The Bertz CT molecular complexity index is 508.